The van der Waals surface area contributed by atoms with Gasteiger partial charge in [0, 0.05) is 23.8 Å². The second kappa shape index (κ2) is 5.33. The Morgan fingerprint density at radius 3 is 2.33 bits per heavy atom. The Balaban J connectivity index is 1.90. The fourth-order valence-electron chi connectivity index (χ4n) is 2.53. The van der Waals surface area contributed by atoms with Gasteiger partial charge in [-0.15, -0.1) is 0 Å². The highest BCUT2D eigenvalue weighted by atomic mass is 79.9. The number of alkyl halides is 1. The molecule has 0 spiro atoms. The third kappa shape index (κ3) is 2.96. The Bertz CT molecular complexity index is 222. The van der Waals surface area contributed by atoms with Crippen molar-refractivity contribution in [1.82, 2.24) is 4.90 Å². The number of carbonyl (C=O) groups is 1. The summed E-state index contributed by atoms with van der Waals surface area (Å²) in [5.74, 6) is 0.787. The van der Waals surface area contributed by atoms with E-state index in [1.807, 2.05) is 0 Å². The van der Waals surface area contributed by atoms with Crippen molar-refractivity contribution in [1.29, 1.82) is 0 Å². The molecule has 2 aliphatic rings. The molecule has 2 saturated carbocycles. The first-order chi connectivity index (χ1) is 7.33. The average molecular weight is 274 g/mol. The minimum atomic E-state index is 0.346. The summed E-state index contributed by atoms with van der Waals surface area (Å²) < 4.78 is 0. The van der Waals surface area contributed by atoms with Crippen LogP contribution in [0.1, 0.15) is 44.9 Å². The minimum Gasteiger partial charge on any atom is -0.339 e. The number of rotatable bonds is 4. The van der Waals surface area contributed by atoms with Gasteiger partial charge in [-0.05, 0) is 25.7 Å². The molecule has 86 valence electrons. The molecule has 0 aromatic heterocycles. The highest BCUT2D eigenvalue weighted by molar-refractivity contribution is 9.09. The summed E-state index contributed by atoms with van der Waals surface area (Å²) in [4.78, 5) is 14.4. The van der Waals surface area contributed by atoms with Crippen LogP contribution in [0, 0.1) is 5.92 Å². The molecule has 0 unspecified atom stereocenters. The lowest BCUT2D eigenvalue weighted by atomic mass is 9.88. The lowest BCUT2D eigenvalue weighted by Gasteiger charge is -2.29. The molecule has 0 heterocycles. The fourth-order valence-corrected chi connectivity index (χ4v) is 2.92. The molecule has 0 aromatic carbocycles. The highest BCUT2D eigenvalue weighted by Crippen LogP contribution is 2.32. The zero-order valence-electron chi connectivity index (χ0n) is 9.25. The van der Waals surface area contributed by atoms with Gasteiger partial charge < -0.3 is 4.90 Å². The van der Waals surface area contributed by atoms with Crippen LogP contribution in [0.5, 0.6) is 0 Å². The molecule has 2 aliphatic carbocycles. The summed E-state index contributed by atoms with van der Waals surface area (Å²) in [5.41, 5.74) is 0. The summed E-state index contributed by atoms with van der Waals surface area (Å²) in [6.45, 7) is 0.903. The summed E-state index contributed by atoms with van der Waals surface area (Å²) >= 11 is 3.44. The molecule has 0 radical (unpaired) electrons. The van der Waals surface area contributed by atoms with Gasteiger partial charge in [0.15, 0.2) is 0 Å². The van der Waals surface area contributed by atoms with Crippen molar-refractivity contribution in [3.05, 3.63) is 0 Å². The molecule has 2 fully saturated rings. The van der Waals surface area contributed by atoms with E-state index in [4.69, 9.17) is 0 Å². The van der Waals surface area contributed by atoms with Crippen molar-refractivity contribution < 1.29 is 4.79 Å². The van der Waals surface area contributed by atoms with Crippen molar-refractivity contribution in [3.8, 4) is 0 Å². The topological polar surface area (TPSA) is 20.3 Å². The molecule has 0 bridgehead atoms. The SMILES string of the molecule is O=C(C1CCCCC1)N(CCBr)C1CC1. The summed E-state index contributed by atoms with van der Waals surface area (Å²) in [6, 6.07) is 0.581. The summed E-state index contributed by atoms with van der Waals surface area (Å²) in [6.07, 6.45) is 8.55. The summed E-state index contributed by atoms with van der Waals surface area (Å²) in [7, 11) is 0. The largest absolute Gasteiger partial charge is 0.339 e. The molecule has 0 atom stereocenters. The maximum atomic E-state index is 12.3. The molecule has 0 aliphatic heterocycles. The second-order valence-electron chi connectivity index (χ2n) is 4.79. The first-order valence-corrected chi connectivity index (χ1v) is 7.31. The zero-order valence-corrected chi connectivity index (χ0v) is 10.8. The quantitative estimate of drug-likeness (QED) is 0.722. The number of hydrogen-bond donors (Lipinski definition) is 0. The molecule has 3 heteroatoms. The van der Waals surface area contributed by atoms with Gasteiger partial charge >= 0.3 is 0 Å². The van der Waals surface area contributed by atoms with Gasteiger partial charge in [0.1, 0.15) is 0 Å². The average Bonchev–Trinajstić information content (AvgIpc) is 3.10. The Labute approximate surface area is 101 Å². The van der Waals surface area contributed by atoms with Crippen molar-refractivity contribution in [2.75, 3.05) is 11.9 Å². The van der Waals surface area contributed by atoms with E-state index < -0.39 is 0 Å². The predicted octanol–water partition coefficient (Wildman–Crippen LogP) is 2.95. The maximum Gasteiger partial charge on any atom is 0.225 e. The van der Waals surface area contributed by atoms with Crippen LogP contribution in [-0.4, -0.2) is 28.7 Å². The van der Waals surface area contributed by atoms with Crippen molar-refractivity contribution in [3.63, 3.8) is 0 Å². The molecule has 0 aromatic rings. The fraction of sp³-hybridized carbons (Fsp3) is 0.917. The molecule has 1 amide bonds. The third-order valence-electron chi connectivity index (χ3n) is 3.55. The number of halogens is 1. The van der Waals surface area contributed by atoms with Gasteiger partial charge in [0.05, 0.1) is 0 Å². The number of hydrogen-bond acceptors (Lipinski definition) is 1. The summed E-state index contributed by atoms with van der Waals surface area (Å²) in [5, 5.41) is 0.919. The van der Waals surface area contributed by atoms with Crippen LogP contribution in [0.4, 0.5) is 0 Å². The lowest BCUT2D eigenvalue weighted by Crippen LogP contribution is -2.39. The van der Waals surface area contributed by atoms with Crippen LogP contribution in [0.15, 0.2) is 0 Å². The molecule has 0 saturated heterocycles. The molecular weight excluding hydrogens is 254 g/mol. The van der Waals surface area contributed by atoms with Crippen molar-refractivity contribution >= 4 is 21.8 Å². The number of carbonyl (C=O) groups excluding carboxylic acids is 1. The molecule has 2 rings (SSSR count). The zero-order chi connectivity index (χ0) is 10.7. The van der Waals surface area contributed by atoms with Gasteiger partial charge in [-0.1, -0.05) is 35.2 Å². The van der Waals surface area contributed by atoms with Crippen LogP contribution in [0.3, 0.4) is 0 Å². The van der Waals surface area contributed by atoms with Crippen LogP contribution in [-0.2, 0) is 4.79 Å². The van der Waals surface area contributed by atoms with E-state index in [9.17, 15) is 4.79 Å². The monoisotopic (exact) mass is 273 g/mol. The number of nitrogens with zero attached hydrogens (tertiary/aromatic N) is 1. The van der Waals surface area contributed by atoms with Gasteiger partial charge in [-0.3, -0.25) is 4.79 Å². The molecular formula is C12H20BrNO. The Morgan fingerprint density at radius 2 is 1.80 bits per heavy atom. The van der Waals surface area contributed by atoms with Gasteiger partial charge in [-0.2, -0.15) is 0 Å². The first kappa shape index (κ1) is 11.4. The standard InChI is InChI=1S/C12H20BrNO/c13-8-9-14(11-6-7-11)12(15)10-4-2-1-3-5-10/h10-11H,1-9H2. The number of amides is 1. The van der Waals surface area contributed by atoms with Gasteiger partial charge in [0.2, 0.25) is 5.91 Å². The first-order valence-electron chi connectivity index (χ1n) is 6.19. The van der Waals surface area contributed by atoms with E-state index in [0.717, 1.165) is 24.7 Å². The third-order valence-corrected chi connectivity index (χ3v) is 3.91. The normalized spacial score (nSPS) is 22.7. The molecule has 2 nitrogen and oxygen atoms in total. The Morgan fingerprint density at radius 1 is 1.13 bits per heavy atom. The Hall–Kier alpha value is -0.0500. The van der Waals surface area contributed by atoms with E-state index in [1.165, 1.54) is 32.1 Å². The molecule has 0 N–H and O–H groups in total. The van der Waals surface area contributed by atoms with Crippen molar-refractivity contribution in [2.24, 2.45) is 5.92 Å². The van der Waals surface area contributed by atoms with E-state index >= 15 is 0 Å². The van der Waals surface area contributed by atoms with E-state index in [0.29, 0.717) is 17.9 Å². The Kier molecular flexibility index (Phi) is 4.06. The molecule has 15 heavy (non-hydrogen) atoms. The van der Waals surface area contributed by atoms with Crippen molar-refractivity contribution in [2.45, 2.75) is 51.0 Å². The van der Waals surface area contributed by atoms with Crippen LogP contribution in [0.25, 0.3) is 0 Å². The maximum absolute atomic E-state index is 12.3. The highest BCUT2D eigenvalue weighted by Gasteiger charge is 2.35. The minimum absolute atomic E-state index is 0.346. The van der Waals surface area contributed by atoms with Crippen LogP contribution in [0.2, 0.25) is 0 Å². The van der Waals surface area contributed by atoms with E-state index in [-0.39, 0.29) is 0 Å². The van der Waals surface area contributed by atoms with Crippen LogP contribution >= 0.6 is 15.9 Å². The van der Waals surface area contributed by atoms with E-state index in [1.54, 1.807) is 0 Å². The van der Waals surface area contributed by atoms with Gasteiger partial charge in [0.25, 0.3) is 0 Å². The predicted molar refractivity (Wildman–Crippen MR) is 65.1 cm³/mol. The smallest absolute Gasteiger partial charge is 0.225 e. The lowest BCUT2D eigenvalue weighted by molar-refractivity contribution is -0.136. The van der Waals surface area contributed by atoms with E-state index in [2.05, 4.69) is 20.8 Å². The van der Waals surface area contributed by atoms with Gasteiger partial charge in [-0.25, -0.2) is 0 Å². The second-order valence-corrected chi connectivity index (χ2v) is 5.58. The van der Waals surface area contributed by atoms with Crippen LogP contribution < -0.4 is 0 Å².